The molecule has 2 nitrogen and oxygen atoms in total. The third-order valence-corrected chi connectivity index (χ3v) is 3.68. The van der Waals surface area contributed by atoms with Crippen molar-refractivity contribution in [2.45, 2.75) is 17.5 Å². The SMILES string of the molecule is C[C@H](Br)C1(c2cccs2)OCCO1. The molecule has 1 atom stereocenters. The molecule has 1 fully saturated rings. The van der Waals surface area contributed by atoms with Crippen LogP contribution in [0.2, 0.25) is 0 Å². The van der Waals surface area contributed by atoms with E-state index in [0.717, 1.165) is 4.88 Å². The van der Waals surface area contributed by atoms with Gasteiger partial charge in [-0.2, -0.15) is 0 Å². The second-order valence-electron chi connectivity index (χ2n) is 2.96. The lowest BCUT2D eigenvalue weighted by atomic mass is 10.2. The van der Waals surface area contributed by atoms with E-state index in [1.807, 2.05) is 24.4 Å². The van der Waals surface area contributed by atoms with Crippen molar-refractivity contribution in [3.63, 3.8) is 0 Å². The number of hydrogen-bond donors (Lipinski definition) is 0. The molecule has 0 aliphatic carbocycles. The summed E-state index contributed by atoms with van der Waals surface area (Å²) in [5.41, 5.74) is 0. The van der Waals surface area contributed by atoms with E-state index in [1.165, 1.54) is 0 Å². The van der Waals surface area contributed by atoms with Crippen LogP contribution < -0.4 is 0 Å². The molecule has 1 aromatic rings. The number of rotatable bonds is 2. The first-order chi connectivity index (χ1) is 6.26. The first-order valence-corrected chi connectivity index (χ1v) is 6.01. The van der Waals surface area contributed by atoms with Crippen molar-refractivity contribution in [3.8, 4) is 0 Å². The molecule has 0 bridgehead atoms. The third kappa shape index (κ3) is 1.56. The van der Waals surface area contributed by atoms with Gasteiger partial charge < -0.3 is 9.47 Å². The average Bonchev–Trinajstić information content (AvgIpc) is 2.75. The summed E-state index contributed by atoms with van der Waals surface area (Å²) in [7, 11) is 0. The van der Waals surface area contributed by atoms with E-state index in [-0.39, 0.29) is 4.83 Å². The van der Waals surface area contributed by atoms with Gasteiger partial charge in [0.15, 0.2) is 0 Å². The van der Waals surface area contributed by atoms with Gasteiger partial charge in [0.1, 0.15) is 0 Å². The van der Waals surface area contributed by atoms with Crippen LogP contribution in [0.25, 0.3) is 0 Å². The highest BCUT2D eigenvalue weighted by Gasteiger charge is 2.43. The van der Waals surface area contributed by atoms with Crippen molar-refractivity contribution < 1.29 is 9.47 Å². The molecule has 13 heavy (non-hydrogen) atoms. The Labute approximate surface area is 90.0 Å². The molecule has 1 aromatic heterocycles. The van der Waals surface area contributed by atoms with Crippen molar-refractivity contribution in [1.29, 1.82) is 0 Å². The molecule has 72 valence electrons. The molecule has 0 aromatic carbocycles. The monoisotopic (exact) mass is 262 g/mol. The normalized spacial score (nSPS) is 23.2. The molecule has 0 saturated carbocycles. The molecule has 0 unspecified atom stereocenters. The maximum atomic E-state index is 5.69. The van der Waals surface area contributed by atoms with E-state index in [9.17, 15) is 0 Å². The Morgan fingerprint density at radius 1 is 1.54 bits per heavy atom. The standard InChI is InChI=1S/C9H11BrO2S/c1-7(10)9(11-4-5-12-9)8-3-2-6-13-8/h2-3,6-7H,4-5H2,1H3/t7-/m0/s1. The van der Waals surface area contributed by atoms with Crippen LogP contribution in [0.1, 0.15) is 11.8 Å². The smallest absolute Gasteiger partial charge is 0.217 e. The molecule has 0 amide bonds. The second kappa shape index (κ2) is 3.69. The van der Waals surface area contributed by atoms with Gasteiger partial charge in [-0.25, -0.2) is 0 Å². The molecule has 1 aliphatic heterocycles. The van der Waals surface area contributed by atoms with Crippen LogP contribution in [0.4, 0.5) is 0 Å². The summed E-state index contributed by atoms with van der Waals surface area (Å²) in [6.45, 7) is 3.40. The molecule has 0 spiro atoms. The fraction of sp³-hybridized carbons (Fsp3) is 0.556. The van der Waals surface area contributed by atoms with Gasteiger partial charge in [-0.15, -0.1) is 11.3 Å². The number of alkyl halides is 1. The van der Waals surface area contributed by atoms with Crippen molar-refractivity contribution in [2.24, 2.45) is 0 Å². The maximum absolute atomic E-state index is 5.69. The first-order valence-electron chi connectivity index (χ1n) is 4.22. The minimum Gasteiger partial charge on any atom is -0.342 e. The van der Waals surface area contributed by atoms with Crippen LogP contribution in [0.3, 0.4) is 0 Å². The van der Waals surface area contributed by atoms with Crippen molar-refractivity contribution >= 4 is 27.3 Å². The lowest BCUT2D eigenvalue weighted by Crippen LogP contribution is -2.34. The average molecular weight is 263 g/mol. The zero-order chi connectivity index (χ0) is 9.31. The molecule has 0 N–H and O–H groups in total. The molecular weight excluding hydrogens is 252 g/mol. The highest BCUT2D eigenvalue weighted by Crippen LogP contribution is 2.40. The summed E-state index contributed by atoms with van der Waals surface area (Å²) in [4.78, 5) is 1.30. The molecular formula is C9H11BrO2S. The summed E-state index contributed by atoms with van der Waals surface area (Å²) >= 11 is 5.20. The Bertz CT molecular complexity index is 265. The molecule has 1 saturated heterocycles. The number of thiophene rings is 1. The van der Waals surface area contributed by atoms with Gasteiger partial charge >= 0.3 is 0 Å². The highest BCUT2D eigenvalue weighted by molar-refractivity contribution is 9.09. The Balaban J connectivity index is 2.33. The van der Waals surface area contributed by atoms with Gasteiger partial charge in [-0.3, -0.25) is 0 Å². The fourth-order valence-corrected chi connectivity index (χ4v) is 3.06. The minimum atomic E-state index is -0.547. The van der Waals surface area contributed by atoms with Crippen LogP contribution in [-0.4, -0.2) is 18.0 Å². The lowest BCUT2D eigenvalue weighted by Gasteiger charge is -2.28. The molecule has 2 heterocycles. The lowest BCUT2D eigenvalue weighted by molar-refractivity contribution is -0.158. The van der Waals surface area contributed by atoms with Gasteiger partial charge in [-0.1, -0.05) is 22.0 Å². The molecule has 1 aliphatic rings. The largest absolute Gasteiger partial charge is 0.342 e. The van der Waals surface area contributed by atoms with E-state index in [0.29, 0.717) is 13.2 Å². The first kappa shape index (κ1) is 9.65. The van der Waals surface area contributed by atoms with Gasteiger partial charge in [0.05, 0.1) is 22.9 Å². The predicted octanol–water partition coefficient (Wildman–Crippen LogP) is 2.73. The number of ether oxygens (including phenoxy) is 2. The van der Waals surface area contributed by atoms with E-state index in [2.05, 4.69) is 15.9 Å². The highest BCUT2D eigenvalue weighted by atomic mass is 79.9. The molecule has 0 radical (unpaired) electrons. The summed E-state index contributed by atoms with van der Waals surface area (Å²) in [5, 5.41) is 2.04. The van der Waals surface area contributed by atoms with E-state index in [4.69, 9.17) is 9.47 Å². The van der Waals surface area contributed by atoms with Crippen LogP contribution in [0, 0.1) is 0 Å². The summed E-state index contributed by atoms with van der Waals surface area (Å²) in [6, 6.07) is 4.07. The van der Waals surface area contributed by atoms with Crippen molar-refractivity contribution in [3.05, 3.63) is 22.4 Å². The van der Waals surface area contributed by atoms with Gasteiger partial charge in [0, 0.05) is 0 Å². The quantitative estimate of drug-likeness (QED) is 0.764. The zero-order valence-electron chi connectivity index (χ0n) is 7.33. The zero-order valence-corrected chi connectivity index (χ0v) is 9.73. The summed E-state index contributed by atoms with van der Waals surface area (Å²) < 4.78 is 11.4. The molecule has 2 rings (SSSR count). The maximum Gasteiger partial charge on any atom is 0.217 e. The second-order valence-corrected chi connectivity index (χ2v) is 5.28. The van der Waals surface area contributed by atoms with Crippen LogP contribution in [0.5, 0.6) is 0 Å². The summed E-state index contributed by atoms with van der Waals surface area (Å²) in [5.74, 6) is -0.547. The van der Waals surface area contributed by atoms with Crippen molar-refractivity contribution in [1.82, 2.24) is 0 Å². The molecule has 4 heteroatoms. The number of halogens is 1. The van der Waals surface area contributed by atoms with E-state index < -0.39 is 5.79 Å². The topological polar surface area (TPSA) is 18.5 Å². The Morgan fingerprint density at radius 3 is 2.69 bits per heavy atom. The Kier molecular flexibility index (Phi) is 2.74. The van der Waals surface area contributed by atoms with Crippen LogP contribution in [0.15, 0.2) is 17.5 Å². The van der Waals surface area contributed by atoms with E-state index in [1.54, 1.807) is 11.3 Å². The van der Waals surface area contributed by atoms with Gasteiger partial charge in [0.25, 0.3) is 0 Å². The predicted molar refractivity (Wildman–Crippen MR) is 56.3 cm³/mol. The van der Waals surface area contributed by atoms with E-state index >= 15 is 0 Å². The van der Waals surface area contributed by atoms with Crippen LogP contribution >= 0.6 is 27.3 Å². The Morgan fingerprint density at radius 2 is 2.23 bits per heavy atom. The van der Waals surface area contributed by atoms with Crippen LogP contribution in [-0.2, 0) is 15.3 Å². The van der Waals surface area contributed by atoms with Gasteiger partial charge in [-0.05, 0) is 18.4 Å². The number of hydrogen-bond acceptors (Lipinski definition) is 3. The summed E-state index contributed by atoms with van der Waals surface area (Å²) in [6.07, 6.45) is 0. The third-order valence-electron chi connectivity index (χ3n) is 2.10. The Hall–Kier alpha value is 0.1000. The minimum absolute atomic E-state index is 0.168. The van der Waals surface area contributed by atoms with Crippen molar-refractivity contribution in [2.75, 3.05) is 13.2 Å². The van der Waals surface area contributed by atoms with Gasteiger partial charge in [0.2, 0.25) is 5.79 Å². The fourth-order valence-electron chi connectivity index (χ4n) is 1.47.